The van der Waals surface area contributed by atoms with Gasteiger partial charge in [-0.25, -0.2) is 4.98 Å². The van der Waals surface area contributed by atoms with Crippen LogP contribution in [0.2, 0.25) is 0 Å². The lowest BCUT2D eigenvalue weighted by atomic mass is 10.0. The monoisotopic (exact) mass is 345 g/mol. The molecule has 6 heteroatoms. The minimum absolute atomic E-state index is 0.299. The molecule has 1 aromatic heterocycles. The predicted molar refractivity (Wildman–Crippen MR) is 103 cm³/mol. The van der Waals surface area contributed by atoms with E-state index in [9.17, 15) is 0 Å². The highest BCUT2D eigenvalue weighted by molar-refractivity contribution is 5.87. The van der Waals surface area contributed by atoms with E-state index in [2.05, 4.69) is 42.0 Å². The summed E-state index contributed by atoms with van der Waals surface area (Å²) in [5.74, 6) is 1.86. The molecule has 0 atom stereocenters. The van der Waals surface area contributed by atoms with Gasteiger partial charge in [0.05, 0.1) is 13.2 Å². The molecule has 6 nitrogen and oxygen atoms in total. The van der Waals surface area contributed by atoms with Crippen molar-refractivity contribution in [1.29, 1.82) is 5.41 Å². The zero-order chi connectivity index (χ0) is 17.8. The van der Waals surface area contributed by atoms with E-state index in [1.807, 2.05) is 0 Å². The number of hydrogen-bond acceptors (Lipinski definition) is 6. The third kappa shape index (κ3) is 4.30. The molecule has 2 aliphatic rings. The Labute approximate surface area is 151 Å². The van der Waals surface area contributed by atoms with Gasteiger partial charge in [0.2, 0.25) is 0 Å². The van der Waals surface area contributed by atoms with Gasteiger partial charge < -0.3 is 20.4 Å². The second-order valence-corrected chi connectivity index (χ2v) is 7.37. The molecule has 1 aromatic rings. The molecule has 25 heavy (non-hydrogen) atoms. The Hall–Kier alpha value is -1.66. The van der Waals surface area contributed by atoms with Crippen LogP contribution in [0.3, 0.4) is 0 Å². The Morgan fingerprint density at radius 2 is 1.92 bits per heavy atom. The normalized spacial score (nSPS) is 20.1. The van der Waals surface area contributed by atoms with Gasteiger partial charge in [-0.05, 0) is 45.2 Å². The van der Waals surface area contributed by atoms with Gasteiger partial charge in [0.1, 0.15) is 11.6 Å². The molecule has 2 N–H and O–H groups in total. The lowest BCUT2D eigenvalue weighted by Gasteiger charge is -2.40. The minimum atomic E-state index is 0.299. The largest absolute Gasteiger partial charge is 0.379 e. The number of rotatable bonds is 5. The first-order chi connectivity index (χ1) is 12.1. The van der Waals surface area contributed by atoms with Gasteiger partial charge in [0.15, 0.2) is 0 Å². The lowest BCUT2D eigenvalue weighted by molar-refractivity contribution is 0.0115. The van der Waals surface area contributed by atoms with E-state index in [-0.39, 0.29) is 0 Å². The summed E-state index contributed by atoms with van der Waals surface area (Å²) in [7, 11) is 0. The number of hydrogen-bond donors (Lipinski definition) is 2. The molecule has 0 unspecified atom stereocenters. The summed E-state index contributed by atoms with van der Waals surface area (Å²) in [6, 6.07) is 3.10. The first kappa shape index (κ1) is 18.1. The molecule has 2 saturated heterocycles. The average Bonchev–Trinajstić information content (AvgIpc) is 2.62. The van der Waals surface area contributed by atoms with Crippen molar-refractivity contribution in [1.82, 2.24) is 9.88 Å². The third-order valence-electron chi connectivity index (χ3n) is 5.17. The molecule has 3 heterocycles. The van der Waals surface area contributed by atoms with Crippen LogP contribution in [0.25, 0.3) is 0 Å². The fourth-order valence-corrected chi connectivity index (χ4v) is 3.80. The molecule has 0 radical (unpaired) electrons. The van der Waals surface area contributed by atoms with Crippen LogP contribution < -0.4 is 10.2 Å². The molecular formula is C19H31N5O. The van der Waals surface area contributed by atoms with Gasteiger partial charge in [-0.3, -0.25) is 4.90 Å². The molecule has 0 saturated carbocycles. The first-order valence-electron chi connectivity index (χ1n) is 9.44. The molecular weight excluding hydrogens is 314 g/mol. The van der Waals surface area contributed by atoms with Crippen molar-refractivity contribution in [3.8, 4) is 0 Å². The summed E-state index contributed by atoms with van der Waals surface area (Å²) in [4.78, 5) is 9.81. The topological polar surface area (TPSA) is 64.5 Å². The Morgan fingerprint density at radius 3 is 2.52 bits per heavy atom. The number of piperidine rings is 1. The van der Waals surface area contributed by atoms with Crippen LogP contribution in [0.4, 0.5) is 11.6 Å². The number of pyridine rings is 1. The SMILES string of the molecule is Cc1cc(N2CCC(N3CCOCC3)CC2)nc(NC(C)C)c1C=N. The fraction of sp³-hybridized carbons (Fsp3) is 0.684. The molecule has 2 aliphatic heterocycles. The highest BCUT2D eigenvalue weighted by atomic mass is 16.5. The Bertz CT molecular complexity index is 590. The van der Waals surface area contributed by atoms with Crippen LogP contribution in [-0.2, 0) is 4.74 Å². The van der Waals surface area contributed by atoms with Gasteiger partial charge >= 0.3 is 0 Å². The first-order valence-corrected chi connectivity index (χ1v) is 9.44. The van der Waals surface area contributed by atoms with Crippen LogP contribution in [0.15, 0.2) is 6.07 Å². The number of morpholine rings is 1. The van der Waals surface area contributed by atoms with Crippen LogP contribution in [0.1, 0.15) is 37.8 Å². The van der Waals surface area contributed by atoms with Gasteiger partial charge in [0, 0.05) is 50.0 Å². The molecule has 0 bridgehead atoms. The second kappa shape index (κ2) is 8.15. The summed E-state index contributed by atoms with van der Waals surface area (Å²) in [6.07, 6.45) is 3.77. The quantitative estimate of drug-likeness (QED) is 0.803. The van der Waals surface area contributed by atoms with Gasteiger partial charge in [-0.1, -0.05) is 0 Å². The third-order valence-corrected chi connectivity index (χ3v) is 5.17. The predicted octanol–water partition coefficient (Wildman–Crippen LogP) is 2.51. The highest BCUT2D eigenvalue weighted by Crippen LogP contribution is 2.26. The van der Waals surface area contributed by atoms with E-state index in [1.165, 1.54) is 19.1 Å². The van der Waals surface area contributed by atoms with Gasteiger partial charge in [0.25, 0.3) is 0 Å². The number of anilines is 2. The van der Waals surface area contributed by atoms with Crippen molar-refractivity contribution in [3.05, 3.63) is 17.2 Å². The Morgan fingerprint density at radius 1 is 1.24 bits per heavy atom. The van der Waals surface area contributed by atoms with Crippen molar-refractivity contribution >= 4 is 17.9 Å². The zero-order valence-electron chi connectivity index (χ0n) is 15.7. The van der Waals surface area contributed by atoms with Crippen LogP contribution in [0.5, 0.6) is 0 Å². The summed E-state index contributed by atoms with van der Waals surface area (Å²) in [5.41, 5.74) is 2.00. The van der Waals surface area contributed by atoms with E-state index in [1.54, 1.807) is 0 Å². The van der Waals surface area contributed by atoms with Crippen molar-refractivity contribution in [2.24, 2.45) is 0 Å². The molecule has 0 aromatic carbocycles. The lowest BCUT2D eigenvalue weighted by Crippen LogP contribution is -2.49. The molecule has 0 spiro atoms. The van der Waals surface area contributed by atoms with Gasteiger partial charge in [-0.2, -0.15) is 0 Å². The van der Waals surface area contributed by atoms with E-state index in [4.69, 9.17) is 15.1 Å². The number of ether oxygens (including phenoxy) is 1. The highest BCUT2D eigenvalue weighted by Gasteiger charge is 2.26. The van der Waals surface area contributed by atoms with E-state index in [0.717, 1.165) is 62.2 Å². The Balaban J connectivity index is 1.70. The maximum Gasteiger partial charge on any atom is 0.137 e. The Kier molecular flexibility index (Phi) is 5.91. The standard InChI is InChI=1S/C19H31N5O/c1-14(2)21-19-17(13-20)15(3)12-18(22-19)24-6-4-16(5-7-24)23-8-10-25-11-9-23/h12-14,16,20H,4-11H2,1-3H3,(H,21,22). The van der Waals surface area contributed by atoms with Crippen LogP contribution in [0, 0.1) is 12.3 Å². The minimum Gasteiger partial charge on any atom is -0.379 e. The number of aromatic nitrogens is 1. The molecule has 0 aliphatic carbocycles. The van der Waals surface area contributed by atoms with Crippen molar-refractivity contribution in [2.45, 2.75) is 45.7 Å². The smallest absolute Gasteiger partial charge is 0.137 e. The zero-order valence-corrected chi connectivity index (χ0v) is 15.7. The summed E-state index contributed by atoms with van der Waals surface area (Å²) >= 11 is 0. The fourth-order valence-electron chi connectivity index (χ4n) is 3.80. The van der Waals surface area contributed by atoms with Crippen molar-refractivity contribution < 1.29 is 4.74 Å². The van der Waals surface area contributed by atoms with E-state index in [0.29, 0.717) is 12.1 Å². The molecule has 138 valence electrons. The van der Waals surface area contributed by atoms with E-state index >= 15 is 0 Å². The summed E-state index contributed by atoms with van der Waals surface area (Å²) in [6.45, 7) is 12.2. The van der Waals surface area contributed by atoms with E-state index < -0.39 is 0 Å². The average molecular weight is 345 g/mol. The molecule has 3 rings (SSSR count). The van der Waals surface area contributed by atoms with Crippen LogP contribution in [-0.4, -0.2) is 67.6 Å². The second-order valence-electron chi connectivity index (χ2n) is 7.37. The van der Waals surface area contributed by atoms with Crippen molar-refractivity contribution in [2.75, 3.05) is 49.6 Å². The maximum atomic E-state index is 7.69. The summed E-state index contributed by atoms with van der Waals surface area (Å²) in [5, 5.41) is 11.1. The number of nitrogens with zero attached hydrogens (tertiary/aromatic N) is 3. The summed E-state index contributed by atoms with van der Waals surface area (Å²) < 4.78 is 5.47. The number of aryl methyl sites for hydroxylation is 1. The molecule has 2 fully saturated rings. The van der Waals surface area contributed by atoms with Crippen LogP contribution >= 0.6 is 0 Å². The van der Waals surface area contributed by atoms with Gasteiger partial charge in [-0.15, -0.1) is 0 Å². The number of nitrogens with one attached hydrogen (secondary N) is 2. The maximum absolute atomic E-state index is 7.69. The molecule has 0 amide bonds. The van der Waals surface area contributed by atoms with Crippen molar-refractivity contribution in [3.63, 3.8) is 0 Å².